The molecule has 0 fully saturated rings. The molecule has 2 N–H and O–H groups in total. The number of halogens is 2. The summed E-state index contributed by atoms with van der Waals surface area (Å²) in [5, 5.41) is 8.27. The number of carbonyl (C=O) groups excluding carboxylic acids is 2. The summed E-state index contributed by atoms with van der Waals surface area (Å²) in [7, 11) is 0. The minimum Gasteiger partial charge on any atom is -0.350 e. The molecule has 0 unspecified atom stereocenters. The standard InChI is InChI=1S/C20H17ClFN3O2S/c21-15-7-5-14(6-8-15)19(26)24-11-18-25-17(12-28-18)20(27)23-10-9-13-3-1-2-4-16(13)22/h1-8,12H,9-11H2,(H,23,27)(H,24,26). The van der Waals surface area contributed by atoms with Crippen molar-refractivity contribution >= 4 is 34.8 Å². The topological polar surface area (TPSA) is 71.1 Å². The van der Waals surface area contributed by atoms with Crippen LogP contribution >= 0.6 is 22.9 Å². The van der Waals surface area contributed by atoms with Crippen LogP contribution in [0.3, 0.4) is 0 Å². The highest BCUT2D eigenvalue weighted by atomic mass is 35.5. The molecule has 0 aliphatic rings. The van der Waals surface area contributed by atoms with Crippen LogP contribution in [0.4, 0.5) is 4.39 Å². The number of rotatable bonds is 7. The average Bonchev–Trinajstić information content (AvgIpc) is 3.17. The molecule has 3 rings (SSSR count). The van der Waals surface area contributed by atoms with E-state index in [0.29, 0.717) is 34.1 Å². The minimum absolute atomic E-state index is 0.217. The molecule has 0 aliphatic heterocycles. The Morgan fingerprint density at radius 2 is 1.79 bits per heavy atom. The number of thiazole rings is 1. The Labute approximate surface area is 170 Å². The van der Waals surface area contributed by atoms with Crippen molar-refractivity contribution in [1.29, 1.82) is 0 Å². The number of hydrogen-bond acceptors (Lipinski definition) is 4. The normalized spacial score (nSPS) is 10.5. The van der Waals surface area contributed by atoms with E-state index < -0.39 is 0 Å². The van der Waals surface area contributed by atoms with Crippen molar-refractivity contribution in [3.05, 3.63) is 86.6 Å². The van der Waals surface area contributed by atoms with Crippen LogP contribution in [-0.2, 0) is 13.0 Å². The van der Waals surface area contributed by atoms with Gasteiger partial charge in [-0.15, -0.1) is 11.3 Å². The largest absolute Gasteiger partial charge is 0.350 e. The zero-order valence-electron chi connectivity index (χ0n) is 14.7. The Bertz CT molecular complexity index is 976. The van der Waals surface area contributed by atoms with Crippen molar-refractivity contribution in [3.63, 3.8) is 0 Å². The van der Waals surface area contributed by atoms with Gasteiger partial charge in [-0.05, 0) is 42.3 Å². The van der Waals surface area contributed by atoms with Gasteiger partial charge in [0.25, 0.3) is 11.8 Å². The second kappa shape index (κ2) is 9.43. The second-order valence-corrected chi connectivity index (χ2v) is 7.29. The van der Waals surface area contributed by atoms with Gasteiger partial charge in [-0.3, -0.25) is 9.59 Å². The van der Waals surface area contributed by atoms with E-state index in [1.165, 1.54) is 17.4 Å². The van der Waals surface area contributed by atoms with Crippen LogP contribution < -0.4 is 10.6 Å². The maximum atomic E-state index is 13.6. The van der Waals surface area contributed by atoms with E-state index in [1.807, 2.05) is 0 Å². The van der Waals surface area contributed by atoms with Gasteiger partial charge in [-0.25, -0.2) is 9.37 Å². The highest BCUT2D eigenvalue weighted by molar-refractivity contribution is 7.09. The highest BCUT2D eigenvalue weighted by Gasteiger charge is 2.12. The fourth-order valence-corrected chi connectivity index (χ4v) is 3.30. The molecule has 0 aliphatic carbocycles. The Morgan fingerprint density at radius 1 is 1.04 bits per heavy atom. The van der Waals surface area contributed by atoms with E-state index in [-0.39, 0.29) is 29.9 Å². The van der Waals surface area contributed by atoms with Gasteiger partial charge >= 0.3 is 0 Å². The molecule has 2 aromatic carbocycles. The maximum Gasteiger partial charge on any atom is 0.270 e. The van der Waals surface area contributed by atoms with E-state index in [2.05, 4.69) is 15.6 Å². The third-order valence-corrected chi connectivity index (χ3v) is 5.03. The lowest BCUT2D eigenvalue weighted by Crippen LogP contribution is -2.26. The molecule has 5 nitrogen and oxygen atoms in total. The molecule has 1 aromatic heterocycles. The van der Waals surface area contributed by atoms with Crippen LogP contribution in [0.1, 0.15) is 31.4 Å². The molecule has 8 heteroatoms. The molecule has 144 valence electrons. The Morgan fingerprint density at radius 3 is 2.54 bits per heavy atom. The number of aromatic nitrogens is 1. The number of amides is 2. The zero-order valence-corrected chi connectivity index (χ0v) is 16.3. The molecular formula is C20H17ClFN3O2S. The van der Waals surface area contributed by atoms with Crippen LogP contribution in [0.25, 0.3) is 0 Å². The highest BCUT2D eigenvalue weighted by Crippen LogP contribution is 2.12. The van der Waals surface area contributed by atoms with Crippen molar-refractivity contribution in [3.8, 4) is 0 Å². The smallest absolute Gasteiger partial charge is 0.270 e. The molecular weight excluding hydrogens is 401 g/mol. The molecule has 0 saturated carbocycles. The lowest BCUT2D eigenvalue weighted by atomic mass is 10.1. The van der Waals surface area contributed by atoms with Crippen LogP contribution in [-0.4, -0.2) is 23.3 Å². The van der Waals surface area contributed by atoms with Gasteiger partial charge in [-0.2, -0.15) is 0 Å². The molecule has 0 spiro atoms. The summed E-state index contributed by atoms with van der Waals surface area (Å²) < 4.78 is 13.6. The van der Waals surface area contributed by atoms with Gasteiger partial charge in [0.2, 0.25) is 0 Å². The summed E-state index contributed by atoms with van der Waals surface area (Å²) in [6.45, 7) is 0.522. The van der Waals surface area contributed by atoms with Crippen LogP contribution in [0.2, 0.25) is 5.02 Å². The van der Waals surface area contributed by atoms with E-state index in [1.54, 1.807) is 47.8 Å². The zero-order chi connectivity index (χ0) is 19.9. The van der Waals surface area contributed by atoms with Gasteiger partial charge in [0.1, 0.15) is 16.5 Å². The lowest BCUT2D eigenvalue weighted by Gasteiger charge is -2.05. The van der Waals surface area contributed by atoms with Gasteiger partial charge < -0.3 is 10.6 Å². The third kappa shape index (κ3) is 5.37. The predicted octanol–water partition coefficient (Wildman–Crippen LogP) is 3.84. The third-order valence-electron chi connectivity index (χ3n) is 3.93. The summed E-state index contributed by atoms with van der Waals surface area (Å²) >= 11 is 7.09. The van der Waals surface area contributed by atoms with Crippen LogP contribution in [0, 0.1) is 5.82 Å². The number of hydrogen-bond donors (Lipinski definition) is 2. The minimum atomic E-state index is -0.331. The van der Waals surface area contributed by atoms with Gasteiger partial charge in [0.15, 0.2) is 0 Å². The van der Waals surface area contributed by atoms with Gasteiger partial charge in [0.05, 0.1) is 6.54 Å². The molecule has 0 bridgehead atoms. The van der Waals surface area contributed by atoms with Crippen LogP contribution in [0.15, 0.2) is 53.9 Å². The second-order valence-electron chi connectivity index (χ2n) is 5.91. The quantitative estimate of drug-likeness (QED) is 0.613. The summed E-state index contributed by atoms with van der Waals surface area (Å²) in [6.07, 6.45) is 0.395. The van der Waals surface area contributed by atoms with E-state index >= 15 is 0 Å². The van der Waals surface area contributed by atoms with Crippen molar-refractivity contribution in [2.45, 2.75) is 13.0 Å². The SMILES string of the molecule is O=C(NCc1nc(C(=O)NCCc2ccccc2F)cs1)c1ccc(Cl)cc1. The Hall–Kier alpha value is -2.77. The van der Waals surface area contributed by atoms with Gasteiger partial charge in [-0.1, -0.05) is 29.8 Å². The first-order valence-corrected chi connectivity index (χ1v) is 9.78. The van der Waals surface area contributed by atoms with E-state index in [4.69, 9.17) is 11.6 Å². The molecule has 3 aromatic rings. The molecule has 1 heterocycles. The summed E-state index contributed by atoms with van der Waals surface area (Å²) in [6, 6.07) is 13.0. The first-order valence-electron chi connectivity index (χ1n) is 8.52. The first kappa shape index (κ1) is 20.0. The molecule has 2 amide bonds. The van der Waals surface area contributed by atoms with Crippen molar-refractivity contribution in [2.24, 2.45) is 0 Å². The van der Waals surface area contributed by atoms with Gasteiger partial charge in [0, 0.05) is 22.5 Å². The number of nitrogens with one attached hydrogen (secondary N) is 2. The maximum absolute atomic E-state index is 13.6. The van der Waals surface area contributed by atoms with Crippen molar-refractivity contribution in [2.75, 3.05) is 6.54 Å². The lowest BCUT2D eigenvalue weighted by molar-refractivity contribution is 0.0945. The molecule has 0 radical (unpaired) electrons. The molecule has 0 atom stereocenters. The fourth-order valence-electron chi connectivity index (χ4n) is 2.46. The Balaban J connectivity index is 1.47. The molecule has 28 heavy (non-hydrogen) atoms. The number of nitrogens with zero attached hydrogens (tertiary/aromatic N) is 1. The monoisotopic (exact) mass is 417 g/mol. The van der Waals surface area contributed by atoms with Crippen molar-refractivity contribution < 1.29 is 14.0 Å². The van der Waals surface area contributed by atoms with E-state index in [9.17, 15) is 14.0 Å². The predicted molar refractivity (Wildman–Crippen MR) is 107 cm³/mol. The average molecular weight is 418 g/mol. The van der Waals surface area contributed by atoms with Crippen molar-refractivity contribution in [1.82, 2.24) is 15.6 Å². The first-order chi connectivity index (χ1) is 13.5. The number of carbonyl (C=O) groups is 2. The fraction of sp³-hybridized carbons (Fsp3) is 0.150. The molecule has 0 saturated heterocycles. The Kier molecular flexibility index (Phi) is 6.73. The van der Waals surface area contributed by atoms with Crippen LogP contribution in [0.5, 0.6) is 0 Å². The number of benzene rings is 2. The van der Waals surface area contributed by atoms with E-state index in [0.717, 1.165) is 0 Å². The summed E-state index contributed by atoms with van der Waals surface area (Å²) in [4.78, 5) is 28.5. The summed E-state index contributed by atoms with van der Waals surface area (Å²) in [5.41, 5.74) is 1.31. The summed E-state index contributed by atoms with van der Waals surface area (Å²) in [5.74, 6) is -0.866.